The maximum Gasteiger partial charge on any atom is 0.243 e. The second kappa shape index (κ2) is 8.82. The molecule has 1 heterocycles. The fourth-order valence-electron chi connectivity index (χ4n) is 2.26. The second-order valence-corrected chi connectivity index (χ2v) is 5.32. The van der Waals surface area contributed by atoms with E-state index in [0.717, 1.165) is 22.3 Å². The van der Waals surface area contributed by atoms with Crippen molar-refractivity contribution in [2.24, 2.45) is 5.73 Å². The summed E-state index contributed by atoms with van der Waals surface area (Å²) in [6, 6.07) is 12.2. The number of anilines is 1. The Bertz CT molecular complexity index is 871. The molecular weight excluding hydrogens is 362 g/mol. The Morgan fingerprint density at radius 2 is 2.08 bits per heavy atom. The molecule has 0 aliphatic carbocycles. The highest BCUT2D eigenvalue weighted by Crippen LogP contribution is 2.21. The zero-order valence-corrected chi connectivity index (χ0v) is 15.3. The van der Waals surface area contributed by atoms with Gasteiger partial charge in [0.2, 0.25) is 5.91 Å². The highest BCUT2D eigenvalue weighted by molar-refractivity contribution is 7.59. The number of benzene rings is 2. The smallest absolute Gasteiger partial charge is 0.243 e. The SMILES string of the molecule is Cc1cccc(-n2nnc3ccc(NC(=O)[C@@H](N)CO)cc32)c1.Cl.S. The number of nitrogens with zero attached hydrogens (tertiary/aromatic N) is 3. The van der Waals surface area contributed by atoms with Crippen molar-refractivity contribution in [3.8, 4) is 5.69 Å². The number of aliphatic hydroxyl groups excluding tert-OH is 1. The zero-order valence-electron chi connectivity index (χ0n) is 13.5. The topological polar surface area (TPSA) is 106 Å². The summed E-state index contributed by atoms with van der Waals surface area (Å²) in [6.07, 6.45) is 0. The lowest BCUT2D eigenvalue weighted by atomic mass is 10.2. The molecule has 1 aromatic heterocycles. The normalized spacial score (nSPS) is 11.3. The van der Waals surface area contributed by atoms with Crippen LogP contribution in [0.4, 0.5) is 5.69 Å². The van der Waals surface area contributed by atoms with E-state index in [2.05, 4.69) is 15.6 Å². The van der Waals surface area contributed by atoms with E-state index in [1.807, 2.05) is 31.2 Å². The van der Waals surface area contributed by atoms with E-state index in [4.69, 9.17) is 10.8 Å². The molecule has 0 saturated carbocycles. The van der Waals surface area contributed by atoms with Crippen molar-refractivity contribution in [1.82, 2.24) is 15.0 Å². The average molecular weight is 382 g/mol. The summed E-state index contributed by atoms with van der Waals surface area (Å²) in [5, 5.41) is 19.9. The van der Waals surface area contributed by atoms with Gasteiger partial charge in [0.25, 0.3) is 0 Å². The molecule has 0 aliphatic heterocycles. The minimum atomic E-state index is -0.953. The summed E-state index contributed by atoms with van der Waals surface area (Å²) in [7, 11) is 0. The Balaban J connectivity index is 0.00000156. The summed E-state index contributed by atoms with van der Waals surface area (Å²) in [6.45, 7) is 1.60. The van der Waals surface area contributed by atoms with Crippen LogP contribution in [0.2, 0.25) is 0 Å². The molecule has 0 unspecified atom stereocenters. The number of halogens is 1. The van der Waals surface area contributed by atoms with E-state index in [0.29, 0.717) is 5.69 Å². The molecule has 0 fully saturated rings. The summed E-state index contributed by atoms with van der Waals surface area (Å²) in [5.74, 6) is -0.443. The van der Waals surface area contributed by atoms with Gasteiger partial charge < -0.3 is 16.2 Å². The van der Waals surface area contributed by atoms with Crippen LogP contribution in [0.3, 0.4) is 0 Å². The average Bonchev–Trinajstić information content (AvgIpc) is 2.97. The molecule has 0 aliphatic rings. The number of nitrogens with one attached hydrogen (secondary N) is 1. The standard InChI is InChI=1S/C16H17N5O2.ClH.H2S/c1-10-3-2-4-12(7-10)21-15-8-11(5-6-14(15)19-20-21)18-16(23)13(17)9-22;;/h2-8,13,22H,9,17H2,1H3,(H,18,23);1H;1H2/t13-;;/m0../s1. The molecule has 0 spiro atoms. The largest absolute Gasteiger partial charge is 0.394 e. The van der Waals surface area contributed by atoms with Crippen LogP contribution < -0.4 is 11.1 Å². The van der Waals surface area contributed by atoms with Crippen LogP contribution in [0.25, 0.3) is 16.7 Å². The zero-order chi connectivity index (χ0) is 16.4. The highest BCUT2D eigenvalue weighted by atomic mass is 35.5. The summed E-state index contributed by atoms with van der Waals surface area (Å²) >= 11 is 0. The number of aromatic nitrogens is 3. The number of aryl methyl sites for hydroxylation is 1. The van der Waals surface area contributed by atoms with E-state index in [1.165, 1.54) is 0 Å². The lowest BCUT2D eigenvalue weighted by molar-refractivity contribution is -0.118. The first-order valence-electron chi connectivity index (χ1n) is 7.18. The third kappa shape index (κ3) is 4.49. The molecule has 0 saturated heterocycles. The van der Waals surface area contributed by atoms with E-state index in [-0.39, 0.29) is 25.9 Å². The molecule has 1 amide bonds. The van der Waals surface area contributed by atoms with Crippen LogP contribution in [-0.2, 0) is 4.79 Å². The molecule has 4 N–H and O–H groups in total. The maximum atomic E-state index is 11.8. The highest BCUT2D eigenvalue weighted by Gasteiger charge is 2.13. The van der Waals surface area contributed by atoms with Crippen LogP contribution in [0.1, 0.15) is 5.56 Å². The number of nitrogens with two attached hydrogens (primary N) is 1. The molecule has 3 rings (SSSR count). The van der Waals surface area contributed by atoms with E-state index in [1.54, 1.807) is 22.9 Å². The first-order chi connectivity index (χ1) is 11.1. The van der Waals surface area contributed by atoms with Crippen molar-refractivity contribution >= 4 is 48.5 Å². The number of aliphatic hydroxyl groups is 1. The van der Waals surface area contributed by atoms with Crippen LogP contribution in [0.15, 0.2) is 42.5 Å². The Morgan fingerprint density at radius 1 is 1.32 bits per heavy atom. The Hall–Kier alpha value is -2.13. The molecule has 134 valence electrons. The molecule has 25 heavy (non-hydrogen) atoms. The minimum Gasteiger partial charge on any atom is -0.394 e. The van der Waals surface area contributed by atoms with Crippen molar-refractivity contribution in [3.05, 3.63) is 48.0 Å². The molecular formula is C16H20ClN5O2S. The summed E-state index contributed by atoms with van der Waals surface area (Å²) < 4.78 is 1.71. The molecule has 7 nitrogen and oxygen atoms in total. The van der Waals surface area contributed by atoms with Gasteiger partial charge in [0, 0.05) is 5.69 Å². The van der Waals surface area contributed by atoms with Gasteiger partial charge in [-0.3, -0.25) is 4.79 Å². The van der Waals surface area contributed by atoms with Gasteiger partial charge >= 0.3 is 0 Å². The van der Waals surface area contributed by atoms with Crippen molar-refractivity contribution in [1.29, 1.82) is 0 Å². The van der Waals surface area contributed by atoms with Crippen molar-refractivity contribution < 1.29 is 9.90 Å². The molecule has 0 radical (unpaired) electrons. The van der Waals surface area contributed by atoms with Gasteiger partial charge in [0.05, 0.1) is 17.8 Å². The van der Waals surface area contributed by atoms with Crippen molar-refractivity contribution in [2.45, 2.75) is 13.0 Å². The molecule has 3 aromatic rings. The quantitative estimate of drug-likeness (QED) is 0.635. The fraction of sp³-hybridized carbons (Fsp3) is 0.188. The lowest BCUT2D eigenvalue weighted by Gasteiger charge is -2.10. The van der Waals surface area contributed by atoms with Gasteiger partial charge in [-0.2, -0.15) is 13.5 Å². The van der Waals surface area contributed by atoms with E-state index in [9.17, 15) is 4.79 Å². The van der Waals surface area contributed by atoms with Gasteiger partial charge in [0.1, 0.15) is 11.6 Å². The summed E-state index contributed by atoms with van der Waals surface area (Å²) in [5.41, 5.74) is 9.57. The molecule has 0 bridgehead atoms. The number of carbonyl (C=O) groups excluding carboxylic acids is 1. The number of fused-ring (bicyclic) bond motifs is 1. The van der Waals surface area contributed by atoms with Crippen LogP contribution >= 0.6 is 25.9 Å². The monoisotopic (exact) mass is 381 g/mol. The molecule has 1 atom stereocenters. The van der Waals surface area contributed by atoms with Crippen molar-refractivity contribution in [3.63, 3.8) is 0 Å². The third-order valence-corrected chi connectivity index (χ3v) is 3.49. The number of carbonyl (C=O) groups is 1. The minimum absolute atomic E-state index is 0. The van der Waals surface area contributed by atoms with Gasteiger partial charge in [-0.15, -0.1) is 17.5 Å². The Kier molecular flexibility index (Phi) is 7.38. The third-order valence-electron chi connectivity index (χ3n) is 3.49. The number of amides is 1. The predicted molar refractivity (Wildman–Crippen MR) is 105 cm³/mol. The van der Waals surface area contributed by atoms with E-state index >= 15 is 0 Å². The first-order valence-corrected chi connectivity index (χ1v) is 7.18. The van der Waals surface area contributed by atoms with Gasteiger partial charge in [0.15, 0.2) is 0 Å². The van der Waals surface area contributed by atoms with Gasteiger partial charge in [-0.1, -0.05) is 17.3 Å². The van der Waals surface area contributed by atoms with Gasteiger partial charge in [-0.05, 0) is 42.8 Å². The van der Waals surface area contributed by atoms with Crippen LogP contribution in [-0.4, -0.2) is 38.7 Å². The number of hydrogen-bond donors (Lipinski definition) is 3. The van der Waals surface area contributed by atoms with Crippen molar-refractivity contribution in [2.75, 3.05) is 11.9 Å². The maximum absolute atomic E-state index is 11.8. The van der Waals surface area contributed by atoms with Crippen LogP contribution in [0.5, 0.6) is 0 Å². The molecule has 2 aromatic carbocycles. The lowest BCUT2D eigenvalue weighted by Crippen LogP contribution is -2.38. The van der Waals surface area contributed by atoms with Crippen LogP contribution in [0, 0.1) is 6.92 Å². The van der Waals surface area contributed by atoms with Gasteiger partial charge in [-0.25, -0.2) is 4.68 Å². The van der Waals surface area contributed by atoms with E-state index < -0.39 is 18.6 Å². The Labute approximate surface area is 158 Å². The first kappa shape index (κ1) is 20.9. The second-order valence-electron chi connectivity index (χ2n) is 5.32. The molecule has 9 heteroatoms. The summed E-state index contributed by atoms with van der Waals surface area (Å²) in [4.78, 5) is 11.8. The number of rotatable bonds is 4. The Morgan fingerprint density at radius 3 is 2.76 bits per heavy atom. The fourth-order valence-corrected chi connectivity index (χ4v) is 2.26. The number of hydrogen-bond acceptors (Lipinski definition) is 5. The predicted octanol–water partition coefficient (Wildman–Crippen LogP) is 1.52.